The maximum Gasteiger partial charge on any atom is 0.228 e. The van der Waals surface area contributed by atoms with Crippen LogP contribution in [-0.4, -0.2) is 36.3 Å². The highest BCUT2D eigenvalue weighted by Gasteiger charge is 2.35. The van der Waals surface area contributed by atoms with Crippen molar-refractivity contribution < 1.29 is 14.0 Å². The molecular weight excluding hydrogens is 465 g/mol. The zero-order valence-corrected chi connectivity index (χ0v) is 21.1. The molecule has 192 valence electrons. The highest BCUT2D eigenvalue weighted by atomic mass is 19.1. The van der Waals surface area contributed by atoms with Crippen LogP contribution >= 0.6 is 0 Å². The lowest BCUT2D eigenvalue weighted by molar-refractivity contribution is -0.130. The standard InChI is InChI=1S/C31H34FN3O2/c32-28-11-4-8-23(16-28)19-33-30(36)26-17-27(21-35(20-26)15-14-22-6-2-1-3-7-22)31(37)34-29-13-12-24-9-5-10-25(24)18-29/h1-4,6-8,11-13,16,18,26-27H,5,9-10,14-15,17,19-21H2,(H,33,36)(H,34,37)/t26-,27+/m0/s1. The molecule has 1 aliphatic carbocycles. The number of carbonyl (C=O) groups excluding carboxylic acids is 2. The van der Waals surface area contributed by atoms with Gasteiger partial charge in [-0.1, -0.05) is 48.5 Å². The molecule has 2 atom stereocenters. The Morgan fingerprint density at radius 2 is 1.59 bits per heavy atom. The second-order valence-electron chi connectivity index (χ2n) is 10.3. The summed E-state index contributed by atoms with van der Waals surface area (Å²) in [6, 6.07) is 22.7. The fourth-order valence-corrected chi connectivity index (χ4v) is 5.56. The number of benzene rings is 3. The number of fused-ring (bicyclic) bond motifs is 1. The molecular formula is C31H34FN3O2. The molecule has 6 heteroatoms. The number of piperidine rings is 1. The van der Waals surface area contributed by atoms with E-state index in [1.165, 1.54) is 28.8 Å². The van der Waals surface area contributed by atoms with E-state index in [1.54, 1.807) is 12.1 Å². The van der Waals surface area contributed by atoms with Gasteiger partial charge in [0.2, 0.25) is 11.8 Å². The first kappa shape index (κ1) is 25.2. The van der Waals surface area contributed by atoms with Gasteiger partial charge in [-0.2, -0.15) is 0 Å². The van der Waals surface area contributed by atoms with Gasteiger partial charge in [-0.05, 0) is 78.6 Å². The molecule has 2 aliphatic rings. The monoisotopic (exact) mass is 499 g/mol. The van der Waals surface area contributed by atoms with Crippen molar-refractivity contribution in [2.45, 2.75) is 38.6 Å². The van der Waals surface area contributed by atoms with Gasteiger partial charge in [0.15, 0.2) is 0 Å². The maximum absolute atomic E-state index is 13.6. The first-order chi connectivity index (χ1) is 18.0. The second-order valence-corrected chi connectivity index (χ2v) is 10.3. The van der Waals surface area contributed by atoms with Gasteiger partial charge in [0, 0.05) is 31.9 Å². The highest BCUT2D eigenvalue weighted by Crippen LogP contribution is 2.27. The fourth-order valence-electron chi connectivity index (χ4n) is 5.56. The number of nitrogens with zero attached hydrogens (tertiary/aromatic N) is 1. The molecule has 0 radical (unpaired) electrons. The summed E-state index contributed by atoms with van der Waals surface area (Å²) in [5, 5.41) is 6.08. The molecule has 0 spiro atoms. The van der Waals surface area contributed by atoms with Gasteiger partial charge in [0.25, 0.3) is 0 Å². The van der Waals surface area contributed by atoms with Crippen LogP contribution < -0.4 is 10.6 Å². The number of carbonyl (C=O) groups is 2. The second kappa shape index (κ2) is 11.7. The van der Waals surface area contributed by atoms with Crippen LogP contribution in [0.25, 0.3) is 0 Å². The van der Waals surface area contributed by atoms with Crippen molar-refractivity contribution in [3.05, 3.63) is 101 Å². The third-order valence-corrected chi connectivity index (χ3v) is 7.55. The van der Waals surface area contributed by atoms with Gasteiger partial charge >= 0.3 is 0 Å². The molecule has 37 heavy (non-hydrogen) atoms. The van der Waals surface area contributed by atoms with Crippen molar-refractivity contribution in [3.63, 3.8) is 0 Å². The first-order valence-corrected chi connectivity index (χ1v) is 13.2. The van der Waals surface area contributed by atoms with E-state index >= 15 is 0 Å². The number of nitrogens with one attached hydrogen (secondary N) is 2. The van der Waals surface area contributed by atoms with Crippen molar-refractivity contribution in [3.8, 4) is 0 Å². The Kier molecular flexibility index (Phi) is 7.95. The highest BCUT2D eigenvalue weighted by molar-refractivity contribution is 5.93. The minimum absolute atomic E-state index is 0.0368. The molecule has 0 aromatic heterocycles. The molecule has 5 nitrogen and oxygen atoms in total. The lowest BCUT2D eigenvalue weighted by Gasteiger charge is -2.36. The number of likely N-dealkylation sites (tertiary alicyclic amines) is 1. The lowest BCUT2D eigenvalue weighted by atomic mass is 9.87. The zero-order chi connectivity index (χ0) is 25.6. The third kappa shape index (κ3) is 6.63. The van der Waals surface area contributed by atoms with Gasteiger partial charge in [-0.3, -0.25) is 9.59 Å². The molecule has 0 saturated carbocycles. The Morgan fingerprint density at radius 1 is 0.838 bits per heavy atom. The first-order valence-electron chi connectivity index (χ1n) is 13.2. The number of hydrogen-bond donors (Lipinski definition) is 2. The van der Waals surface area contributed by atoms with Gasteiger partial charge in [-0.15, -0.1) is 0 Å². The summed E-state index contributed by atoms with van der Waals surface area (Å²) in [6.45, 7) is 2.27. The predicted molar refractivity (Wildman–Crippen MR) is 144 cm³/mol. The van der Waals surface area contributed by atoms with E-state index in [9.17, 15) is 14.0 Å². The number of rotatable bonds is 8. The molecule has 3 aromatic carbocycles. The zero-order valence-electron chi connectivity index (χ0n) is 21.1. The van der Waals surface area contributed by atoms with Crippen molar-refractivity contribution in [2.24, 2.45) is 11.8 Å². The van der Waals surface area contributed by atoms with Crippen LogP contribution in [-0.2, 0) is 35.4 Å². The number of anilines is 1. The lowest BCUT2D eigenvalue weighted by Crippen LogP contribution is -2.49. The predicted octanol–water partition coefficient (Wildman–Crippen LogP) is 4.75. The molecule has 1 heterocycles. The van der Waals surface area contributed by atoms with Crippen LogP contribution in [0, 0.1) is 17.7 Å². The Balaban J connectivity index is 1.25. The molecule has 1 fully saturated rings. The smallest absolute Gasteiger partial charge is 0.228 e. The number of aryl methyl sites for hydroxylation is 2. The number of halogens is 1. The topological polar surface area (TPSA) is 61.4 Å². The molecule has 1 aliphatic heterocycles. The van der Waals surface area contributed by atoms with Crippen LogP contribution in [0.5, 0.6) is 0 Å². The Labute approximate surface area is 218 Å². The van der Waals surface area contributed by atoms with Gasteiger partial charge in [0.1, 0.15) is 5.82 Å². The Morgan fingerprint density at radius 3 is 2.41 bits per heavy atom. The van der Waals surface area contributed by atoms with Gasteiger partial charge in [0.05, 0.1) is 11.8 Å². The van der Waals surface area contributed by atoms with Crippen LogP contribution in [0.1, 0.15) is 35.1 Å². The van der Waals surface area contributed by atoms with Crippen molar-refractivity contribution in [1.82, 2.24) is 10.2 Å². The van der Waals surface area contributed by atoms with E-state index in [0.717, 1.165) is 43.5 Å². The summed E-state index contributed by atoms with van der Waals surface area (Å²) in [6.07, 6.45) is 4.68. The van der Waals surface area contributed by atoms with Crippen LogP contribution in [0.4, 0.5) is 10.1 Å². The molecule has 0 unspecified atom stereocenters. The van der Waals surface area contributed by atoms with Crippen LogP contribution in [0.15, 0.2) is 72.8 Å². The van der Waals surface area contributed by atoms with E-state index in [2.05, 4.69) is 39.8 Å². The van der Waals surface area contributed by atoms with Gasteiger partial charge < -0.3 is 15.5 Å². The van der Waals surface area contributed by atoms with Crippen molar-refractivity contribution in [1.29, 1.82) is 0 Å². The number of hydrogen-bond acceptors (Lipinski definition) is 3. The van der Waals surface area contributed by atoms with E-state index in [1.807, 2.05) is 24.3 Å². The van der Waals surface area contributed by atoms with Crippen LogP contribution in [0.3, 0.4) is 0 Å². The summed E-state index contributed by atoms with van der Waals surface area (Å²) in [4.78, 5) is 28.8. The molecule has 0 bridgehead atoms. The molecule has 5 rings (SSSR count). The Hall–Kier alpha value is -3.51. The molecule has 3 aromatic rings. The van der Waals surface area contributed by atoms with E-state index in [4.69, 9.17) is 0 Å². The average Bonchev–Trinajstić information content (AvgIpc) is 3.39. The maximum atomic E-state index is 13.6. The summed E-state index contributed by atoms with van der Waals surface area (Å²) in [7, 11) is 0. The summed E-state index contributed by atoms with van der Waals surface area (Å²) < 4.78 is 13.6. The molecule has 2 N–H and O–H groups in total. The largest absolute Gasteiger partial charge is 0.352 e. The summed E-state index contributed by atoms with van der Waals surface area (Å²) in [5.41, 5.74) is 5.48. The molecule has 2 amide bonds. The number of amides is 2. The Bertz CT molecular complexity index is 1250. The van der Waals surface area contributed by atoms with Crippen molar-refractivity contribution >= 4 is 17.5 Å². The quantitative estimate of drug-likeness (QED) is 0.470. The van der Waals surface area contributed by atoms with E-state index in [0.29, 0.717) is 19.5 Å². The van der Waals surface area contributed by atoms with Gasteiger partial charge in [-0.25, -0.2) is 4.39 Å². The SMILES string of the molecule is O=C(NCc1cccc(F)c1)[C@H]1C[C@@H](C(=O)Nc2ccc3c(c2)CCC3)CN(CCc2ccccc2)C1. The minimum Gasteiger partial charge on any atom is -0.352 e. The van der Waals surface area contributed by atoms with E-state index in [-0.39, 0.29) is 36.0 Å². The van der Waals surface area contributed by atoms with Crippen molar-refractivity contribution in [2.75, 3.05) is 25.0 Å². The van der Waals surface area contributed by atoms with Crippen LogP contribution in [0.2, 0.25) is 0 Å². The van der Waals surface area contributed by atoms with E-state index < -0.39 is 0 Å². The fraction of sp³-hybridized carbons (Fsp3) is 0.355. The summed E-state index contributed by atoms with van der Waals surface area (Å²) >= 11 is 0. The molecule has 1 saturated heterocycles. The average molecular weight is 500 g/mol. The summed E-state index contributed by atoms with van der Waals surface area (Å²) in [5.74, 6) is -1.05. The minimum atomic E-state index is -0.320. The normalized spacial score (nSPS) is 19.3. The third-order valence-electron chi connectivity index (χ3n) is 7.55.